The fraction of sp³-hybridized carbons (Fsp3) is 0.519. The molecule has 2 aliphatic rings. The number of aromatic nitrogens is 3. The maximum absolute atomic E-state index is 6.18. The number of pyridine rings is 1. The molecule has 2 aliphatic heterocycles. The van der Waals surface area contributed by atoms with E-state index >= 15 is 0 Å². The number of nitrogen functional groups attached to an aromatic ring is 2. The van der Waals surface area contributed by atoms with Crippen LogP contribution in [0.25, 0.3) is 22.2 Å². The number of benzene rings is 1. The van der Waals surface area contributed by atoms with Crippen LogP contribution in [0.2, 0.25) is 0 Å². The average molecular weight is 491 g/mol. The SMILES string of the molecule is CCc1nc2c(N)ncc(-c3ccc(N4CCC(N5CCN(CC)CC5)CC4)c(OC)c3)c2nc1N. The number of methoxy groups -OCH3 is 1. The highest BCUT2D eigenvalue weighted by molar-refractivity contribution is 5.97. The van der Waals surface area contributed by atoms with E-state index in [0.717, 1.165) is 47.9 Å². The Morgan fingerprint density at radius 3 is 2.36 bits per heavy atom. The van der Waals surface area contributed by atoms with Crippen LogP contribution in [0.3, 0.4) is 0 Å². The lowest BCUT2D eigenvalue weighted by molar-refractivity contribution is 0.0878. The first kappa shape index (κ1) is 24.5. The van der Waals surface area contributed by atoms with Gasteiger partial charge < -0.3 is 26.0 Å². The third kappa shape index (κ3) is 4.65. The van der Waals surface area contributed by atoms with Gasteiger partial charge in [-0.3, -0.25) is 4.90 Å². The van der Waals surface area contributed by atoms with Crippen LogP contribution in [0, 0.1) is 0 Å². The number of likely N-dealkylation sites (N-methyl/N-ethyl adjacent to an activating group) is 1. The number of hydrogen-bond donors (Lipinski definition) is 2. The highest BCUT2D eigenvalue weighted by atomic mass is 16.5. The molecule has 5 rings (SSSR count). The van der Waals surface area contributed by atoms with E-state index in [9.17, 15) is 0 Å². The summed E-state index contributed by atoms with van der Waals surface area (Å²) in [5.74, 6) is 1.64. The number of hydrogen-bond acceptors (Lipinski definition) is 9. The summed E-state index contributed by atoms with van der Waals surface area (Å²) >= 11 is 0. The van der Waals surface area contributed by atoms with Crippen molar-refractivity contribution < 1.29 is 4.74 Å². The Morgan fingerprint density at radius 2 is 1.69 bits per heavy atom. The largest absolute Gasteiger partial charge is 0.495 e. The highest BCUT2D eigenvalue weighted by Crippen LogP contribution is 2.37. The van der Waals surface area contributed by atoms with Crippen molar-refractivity contribution in [3.8, 4) is 16.9 Å². The van der Waals surface area contributed by atoms with Gasteiger partial charge in [-0.2, -0.15) is 0 Å². The Bertz CT molecular complexity index is 1220. The second kappa shape index (κ2) is 10.4. The van der Waals surface area contributed by atoms with Gasteiger partial charge in [0.1, 0.15) is 22.6 Å². The molecule has 3 aromatic rings. The lowest BCUT2D eigenvalue weighted by Gasteiger charge is -2.43. The van der Waals surface area contributed by atoms with E-state index in [1.807, 2.05) is 6.92 Å². The van der Waals surface area contributed by atoms with Crippen molar-refractivity contribution in [2.75, 3.05) is 69.3 Å². The molecule has 9 nitrogen and oxygen atoms in total. The number of fused-ring (bicyclic) bond motifs is 1. The van der Waals surface area contributed by atoms with E-state index in [4.69, 9.17) is 16.2 Å². The minimum absolute atomic E-state index is 0.360. The van der Waals surface area contributed by atoms with Gasteiger partial charge >= 0.3 is 0 Å². The fourth-order valence-corrected chi connectivity index (χ4v) is 5.60. The van der Waals surface area contributed by atoms with Gasteiger partial charge in [0.15, 0.2) is 5.82 Å². The van der Waals surface area contributed by atoms with Crippen LogP contribution in [0.4, 0.5) is 17.3 Å². The molecular weight excluding hydrogens is 452 g/mol. The second-order valence-corrected chi connectivity index (χ2v) is 9.74. The van der Waals surface area contributed by atoms with E-state index in [1.165, 1.54) is 39.0 Å². The molecule has 4 heterocycles. The van der Waals surface area contributed by atoms with E-state index in [1.54, 1.807) is 13.3 Å². The summed E-state index contributed by atoms with van der Waals surface area (Å²) in [6, 6.07) is 6.98. The van der Waals surface area contributed by atoms with Crippen LogP contribution in [-0.4, -0.2) is 83.7 Å². The predicted octanol–water partition coefficient (Wildman–Crippen LogP) is 3.03. The van der Waals surface area contributed by atoms with E-state index < -0.39 is 0 Å². The molecule has 4 N–H and O–H groups in total. The molecule has 0 aliphatic carbocycles. The smallest absolute Gasteiger partial charge is 0.151 e. The van der Waals surface area contributed by atoms with Crippen molar-refractivity contribution in [2.45, 2.75) is 39.2 Å². The summed E-state index contributed by atoms with van der Waals surface area (Å²) in [6.07, 6.45) is 4.79. The maximum Gasteiger partial charge on any atom is 0.151 e. The number of ether oxygens (including phenoxy) is 1. The minimum Gasteiger partial charge on any atom is -0.495 e. The van der Waals surface area contributed by atoms with Crippen molar-refractivity contribution in [3.05, 3.63) is 30.1 Å². The number of rotatable bonds is 6. The van der Waals surface area contributed by atoms with Crippen LogP contribution in [0.5, 0.6) is 5.75 Å². The predicted molar refractivity (Wildman–Crippen MR) is 146 cm³/mol. The molecule has 0 saturated carbocycles. The lowest BCUT2D eigenvalue weighted by Crippen LogP contribution is -2.53. The molecule has 2 saturated heterocycles. The first-order valence-electron chi connectivity index (χ1n) is 13.1. The quantitative estimate of drug-likeness (QED) is 0.539. The number of anilines is 3. The van der Waals surface area contributed by atoms with E-state index in [2.05, 4.69) is 54.8 Å². The molecule has 0 bridgehead atoms. The molecule has 0 atom stereocenters. The van der Waals surface area contributed by atoms with Gasteiger partial charge in [-0.15, -0.1) is 0 Å². The molecule has 1 aromatic carbocycles. The minimum atomic E-state index is 0.360. The molecule has 9 heteroatoms. The van der Waals surface area contributed by atoms with Crippen molar-refractivity contribution in [1.82, 2.24) is 24.8 Å². The molecule has 0 radical (unpaired) electrons. The van der Waals surface area contributed by atoms with Crippen molar-refractivity contribution in [3.63, 3.8) is 0 Å². The Kier molecular flexibility index (Phi) is 7.11. The van der Waals surface area contributed by atoms with Gasteiger partial charge in [-0.25, -0.2) is 15.0 Å². The molecule has 2 fully saturated rings. The zero-order chi connectivity index (χ0) is 25.2. The summed E-state index contributed by atoms with van der Waals surface area (Å²) in [5.41, 5.74) is 17.2. The van der Waals surface area contributed by atoms with E-state index in [0.29, 0.717) is 35.1 Å². The Hall–Kier alpha value is -3.17. The van der Waals surface area contributed by atoms with Crippen molar-refractivity contribution in [2.24, 2.45) is 0 Å². The number of piperazine rings is 1. The molecule has 0 spiro atoms. The summed E-state index contributed by atoms with van der Waals surface area (Å²) < 4.78 is 5.86. The van der Waals surface area contributed by atoms with Gasteiger partial charge in [0.25, 0.3) is 0 Å². The number of piperidine rings is 1. The molecule has 36 heavy (non-hydrogen) atoms. The van der Waals surface area contributed by atoms with Crippen molar-refractivity contribution in [1.29, 1.82) is 0 Å². The van der Waals surface area contributed by atoms with Gasteiger partial charge in [0.05, 0.1) is 18.5 Å². The van der Waals surface area contributed by atoms with Crippen LogP contribution in [0.1, 0.15) is 32.4 Å². The van der Waals surface area contributed by atoms with Crippen LogP contribution < -0.4 is 21.1 Å². The normalized spacial score (nSPS) is 18.1. The number of nitrogens with zero attached hydrogens (tertiary/aromatic N) is 6. The van der Waals surface area contributed by atoms with Gasteiger partial charge in [0, 0.05) is 57.1 Å². The second-order valence-electron chi connectivity index (χ2n) is 9.74. The van der Waals surface area contributed by atoms with Crippen molar-refractivity contribution >= 4 is 28.4 Å². The number of aryl methyl sites for hydroxylation is 1. The van der Waals surface area contributed by atoms with Gasteiger partial charge in [-0.1, -0.05) is 19.9 Å². The molecular formula is C27H38N8O. The molecule has 0 amide bonds. The Labute approximate surface area is 213 Å². The first-order chi connectivity index (χ1) is 17.5. The van der Waals surface area contributed by atoms with Crippen LogP contribution >= 0.6 is 0 Å². The summed E-state index contributed by atoms with van der Waals surface area (Å²) in [4.78, 5) is 21.4. The molecule has 2 aromatic heterocycles. The zero-order valence-electron chi connectivity index (χ0n) is 21.7. The van der Waals surface area contributed by atoms with Crippen LogP contribution in [-0.2, 0) is 6.42 Å². The summed E-state index contributed by atoms with van der Waals surface area (Å²) in [7, 11) is 1.73. The Morgan fingerprint density at radius 1 is 0.944 bits per heavy atom. The standard InChI is InChI=1S/C27H38N8O/c1-4-21-26(28)32-24-20(17-30-27(29)25(24)31-21)18-6-7-22(23(16-18)36-3)35-10-8-19(9-11-35)34-14-12-33(5-2)13-15-34/h6-7,16-17,19H,4-5,8-15H2,1-3H3,(H2,28,32)(H2,29,30). The topological polar surface area (TPSA) is 110 Å². The molecule has 0 unspecified atom stereocenters. The molecule has 192 valence electrons. The fourth-order valence-electron chi connectivity index (χ4n) is 5.60. The monoisotopic (exact) mass is 490 g/mol. The maximum atomic E-state index is 6.18. The highest BCUT2D eigenvalue weighted by Gasteiger charge is 2.28. The lowest BCUT2D eigenvalue weighted by atomic mass is 10.00. The van der Waals surface area contributed by atoms with Gasteiger partial charge in [0.2, 0.25) is 0 Å². The third-order valence-electron chi connectivity index (χ3n) is 7.83. The van der Waals surface area contributed by atoms with E-state index in [-0.39, 0.29) is 0 Å². The zero-order valence-corrected chi connectivity index (χ0v) is 21.7. The van der Waals surface area contributed by atoms with Gasteiger partial charge in [-0.05, 0) is 43.5 Å². The number of nitrogens with two attached hydrogens (primary N) is 2. The van der Waals surface area contributed by atoms with Crippen LogP contribution in [0.15, 0.2) is 24.4 Å². The summed E-state index contributed by atoms with van der Waals surface area (Å²) in [5, 5.41) is 0. The summed E-state index contributed by atoms with van der Waals surface area (Å²) in [6.45, 7) is 12.2. The first-order valence-corrected chi connectivity index (χ1v) is 13.1. The average Bonchev–Trinajstić information content (AvgIpc) is 2.93. The third-order valence-corrected chi connectivity index (χ3v) is 7.83. The Balaban J connectivity index is 1.36.